The van der Waals surface area contributed by atoms with Gasteiger partial charge in [-0.2, -0.15) is 16.4 Å². The highest BCUT2D eigenvalue weighted by Gasteiger charge is 2.16. The molecule has 0 aliphatic heterocycles. The topological polar surface area (TPSA) is 27.1 Å². The second-order valence-electron chi connectivity index (χ2n) is 5.11. The van der Waals surface area contributed by atoms with E-state index in [4.69, 9.17) is 21.4 Å². The molecular weight excluding hydrogens is 328 g/mol. The predicted molar refractivity (Wildman–Crippen MR) is 95.9 cm³/mol. The number of para-hydroxylation sites is 1. The smallest absolute Gasteiger partial charge is 0.118 e. The molecule has 3 nitrogen and oxygen atoms in total. The lowest BCUT2D eigenvalue weighted by molar-refractivity contribution is 0.415. The van der Waals surface area contributed by atoms with Crippen LogP contribution in [0, 0.1) is 0 Å². The Bertz CT molecular complexity index is 959. The van der Waals surface area contributed by atoms with Crippen LogP contribution in [0.5, 0.6) is 5.75 Å². The summed E-state index contributed by atoms with van der Waals surface area (Å²) in [6.45, 7) is 0. The maximum atomic E-state index is 6.45. The van der Waals surface area contributed by atoms with Gasteiger partial charge in [-0.1, -0.05) is 23.7 Å². The van der Waals surface area contributed by atoms with E-state index in [0.717, 1.165) is 33.6 Å². The molecule has 0 radical (unpaired) electrons. The number of methoxy groups -OCH3 is 1. The van der Waals surface area contributed by atoms with Crippen molar-refractivity contribution in [2.24, 2.45) is 0 Å². The molecule has 0 atom stereocenters. The lowest BCUT2D eigenvalue weighted by Crippen LogP contribution is -1.94. The number of halogens is 1. The fraction of sp³-hybridized carbons (Fsp3) is 0.0556. The minimum atomic E-state index is 0.695. The summed E-state index contributed by atoms with van der Waals surface area (Å²) in [5.74, 6) is 0.827. The first-order valence-electron chi connectivity index (χ1n) is 7.12. The molecule has 114 valence electrons. The Hall–Kier alpha value is -2.30. The van der Waals surface area contributed by atoms with Crippen molar-refractivity contribution >= 4 is 33.8 Å². The second-order valence-corrected chi connectivity index (χ2v) is 6.29. The van der Waals surface area contributed by atoms with E-state index in [1.165, 1.54) is 0 Å². The standard InChI is InChI=1S/C18H13ClN2OS/c1-22-14-7-5-12(6-8-14)17-15-3-2-4-16(19)18(15)21(20-17)13-9-10-23-11-13/h2-11H,1H3. The van der Waals surface area contributed by atoms with Crippen molar-refractivity contribution in [1.82, 2.24) is 9.78 Å². The Morgan fingerprint density at radius 1 is 1.09 bits per heavy atom. The molecule has 0 aliphatic rings. The monoisotopic (exact) mass is 340 g/mol. The highest BCUT2D eigenvalue weighted by molar-refractivity contribution is 7.08. The Balaban J connectivity index is 1.98. The van der Waals surface area contributed by atoms with Gasteiger partial charge in [0.1, 0.15) is 11.4 Å². The van der Waals surface area contributed by atoms with Gasteiger partial charge < -0.3 is 4.74 Å². The molecule has 4 rings (SSSR count). The van der Waals surface area contributed by atoms with E-state index in [-0.39, 0.29) is 0 Å². The van der Waals surface area contributed by atoms with Crippen LogP contribution >= 0.6 is 22.9 Å². The first kappa shape index (κ1) is 14.3. The maximum absolute atomic E-state index is 6.45. The van der Waals surface area contributed by atoms with Crippen LogP contribution in [0.1, 0.15) is 0 Å². The largest absolute Gasteiger partial charge is 0.497 e. The molecule has 0 unspecified atom stereocenters. The van der Waals surface area contributed by atoms with Gasteiger partial charge in [0.25, 0.3) is 0 Å². The van der Waals surface area contributed by atoms with E-state index in [0.29, 0.717) is 5.02 Å². The summed E-state index contributed by atoms with van der Waals surface area (Å²) >= 11 is 8.09. The summed E-state index contributed by atoms with van der Waals surface area (Å²) < 4.78 is 7.14. The molecule has 23 heavy (non-hydrogen) atoms. The zero-order chi connectivity index (χ0) is 15.8. The van der Waals surface area contributed by atoms with Crippen molar-refractivity contribution in [2.45, 2.75) is 0 Å². The summed E-state index contributed by atoms with van der Waals surface area (Å²) in [5.41, 5.74) is 3.90. The molecule has 2 aromatic heterocycles. The van der Waals surface area contributed by atoms with E-state index in [9.17, 15) is 0 Å². The Kier molecular flexibility index (Phi) is 3.56. The summed E-state index contributed by atoms with van der Waals surface area (Å²) in [5, 5.41) is 10.6. The van der Waals surface area contributed by atoms with Crippen LogP contribution < -0.4 is 4.74 Å². The molecule has 0 saturated heterocycles. The number of aromatic nitrogens is 2. The highest BCUT2D eigenvalue weighted by Crippen LogP contribution is 2.34. The SMILES string of the molecule is COc1ccc(-c2nn(-c3ccsc3)c3c(Cl)cccc23)cc1. The molecule has 4 aromatic rings. The third-order valence-electron chi connectivity index (χ3n) is 3.77. The zero-order valence-electron chi connectivity index (χ0n) is 12.4. The van der Waals surface area contributed by atoms with E-state index < -0.39 is 0 Å². The number of fused-ring (bicyclic) bond motifs is 1. The highest BCUT2D eigenvalue weighted by atomic mass is 35.5. The van der Waals surface area contributed by atoms with Crippen LogP contribution in [0.4, 0.5) is 0 Å². The van der Waals surface area contributed by atoms with Crippen molar-refractivity contribution < 1.29 is 4.74 Å². The quantitative estimate of drug-likeness (QED) is 0.498. The van der Waals surface area contributed by atoms with Gasteiger partial charge in [-0.15, -0.1) is 0 Å². The van der Waals surface area contributed by atoms with Crippen LogP contribution in [-0.2, 0) is 0 Å². The molecule has 0 aliphatic carbocycles. The van der Waals surface area contributed by atoms with Gasteiger partial charge in [-0.25, -0.2) is 4.68 Å². The molecule has 5 heteroatoms. The zero-order valence-corrected chi connectivity index (χ0v) is 13.9. The number of rotatable bonds is 3. The van der Waals surface area contributed by atoms with Crippen LogP contribution in [0.15, 0.2) is 59.3 Å². The fourth-order valence-electron chi connectivity index (χ4n) is 2.65. The lowest BCUT2D eigenvalue weighted by Gasteiger charge is -2.01. The van der Waals surface area contributed by atoms with Crippen molar-refractivity contribution in [3.05, 3.63) is 64.3 Å². The fourth-order valence-corrected chi connectivity index (χ4v) is 3.52. The van der Waals surface area contributed by atoms with Crippen molar-refractivity contribution in [2.75, 3.05) is 7.11 Å². The van der Waals surface area contributed by atoms with E-state index >= 15 is 0 Å². The van der Waals surface area contributed by atoms with Gasteiger partial charge in [0, 0.05) is 16.3 Å². The van der Waals surface area contributed by atoms with E-state index in [2.05, 4.69) is 11.4 Å². The van der Waals surface area contributed by atoms with Crippen LogP contribution in [0.25, 0.3) is 27.8 Å². The van der Waals surface area contributed by atoms with Gasteiger partial charge in [-0.3, -0.25) is 0 Å². The average molecular weight is 341 g/mol. The van der Waals surface area contributed by atoms with Gasteiger partial charge >= 0.3 is 0 Å². The van der Waals surface area contributed by atoms with Gasteiger partial charge in [-0.05, 0) is 41.8 Å². The molecule has 0 amide bonds. The minimum Gasteiger partial charge on any atom is -0.497 e. The molecule has 0 fully saturated rings. The molecule has 2 heterocycles. The number of nitrogens with zero attached hydrogens (tertiary/aromatic N) is 2. The minimum absolute atomic E-state index is 0.695. The molecule has 0 bridgehead atoms. The average Bonchev–Trinajstić information content (AvgIpc) is 3.23. The van der Waals surface area contributed by atoms with Gasteiger partial charge in [0.15, 0.2) is 0 Å². The molecule has 0 N–H and O–H groups in total. The number of benzene rings is 2. The maximum Gasteiger partial charge on any atom is 0.118 e. The van der Waals surface area contributed by atoms with Gasteiger partial charge in [0.2, 0.25) is 0 Å². The third-order valence-corrected chi connectivity index (χ3v) is 4.74. The van der Waals surface area contributed by atoms with Crippen LogP contribution in [0.2, 0.25) is 5.02 Å². The molecule has 0 saturated carbocycles. The molecule has 0 spiro atoms. The molecule has 2 aromatic carbocycles. The number of hydrogen-bond donors (Lipinski definition) is 0. The normalized spacial score (nSPS) is 11.0. The van der Waals surface area contributed by atoms with Crippen LogP contribution in [-0.4, -0.2) is 16.9 Å². The van der Waals surface area contributed by atoms with E-state index in [1.54, 1.807) is 18.4 Å². The Morgan fingerprint density at radius 2 is 1.91 bits per heavy atom. The van der Waals surface area contributed by atoms with Gasteiger partial charge in [0.05, 0.1) is 23.3 Å². The molecular formula is C18H13ClN2OS. The number of thiophene rings is 1. The first-order chi connectivity index (χ1) is 11.3. The number of ether oxygens (including phenoxy) is 1. The summed E-state index contributed by atoms with van der Waals surface area (Å²) in [4.78, 5) is 0. The van der Waals surface area contributed by atoms with Crippen molar-refractivity contribution in [3.8, 4) is 22.7 Å². The summed E-state index contributed by atoms with van der Waals surface area (Å²) in [6.07, 6.45) is 0. The van der Waals surface area contributed by atoms with Crippen molar-refractivity contribution in [1.29, 1.82) is 0 Å². The van der Waals surface area contributed by atoms with Crippen molar-refractivity contribution in [3.63, 3.8) is 0 Å². The predicted octanol–water partition coefficient (Wildman–Crippen LogP) is 5.42. The summed E-state index contributed by atoms with van der Waals surface area (Å²) in [7, 11) is 1.66. The number of hydrogen-bond acceptors (Lipinski definition) is 3. The Labute approximate surface area is 142 Å². The lowest BCUT2D eigenvalue weighted by atomic mass is 10.1. The first-order valence-corrected chi connectivity index (χ1v) is 8.44. The summed E-state index contributed by atoms with van der Waals surface area (Å²) in [6, 6.07) is 15.8. The Morgan fingerprint density at radius 3 is 2.61 bits per heavy atom. The second kappa shape index (κ2) is 5.72. The van der Waals surface area contributed by atoms with E-state index in [1.807, 2.05) is 52.5 Å². The third kappa shape index (κ3) is 2.40. The van der Waals surface area contributed by atoms with Crippen LogP contribution in [0.3, 0.4) is 0 Å².